The van der Waals surface area contributed by atoms with Crippen molar-refractivity contribution in [3.05, 3.63) is 50.6 Å². The van der Waals surface area contributed by atoms with E-state index in [0.717, 1.165) is 29.7 Å². The van der Waals surface area contributed by atoms with Gasteiger partial charge in [-0.15, -0.1) is 0 Å². The molecule has 1 aromatic heterocycles. The Morgan fingerprint density at radius 2 is 2.10 bits per heavy atom. The molecule has 0 unspecified atom stereocenters. The smallest absolute Gasteiger partial charge is 0.133 e. The summed E-state index contributed by atoms with van der Waals surface area (Å²) in [5.41, 5.74) is 2.61. The summed E-state index contributed by atoms with van der Waals surface area (Å²) in [6.07, 6.45) is 0.952. The molecule has 2 aromatic rings. The number of hydrogen-bond donors (Lipinski definition) is 1. The fourth-order valence-corrected chi connectivity index (χ4v) is 3.23. The highest BCUT2D eigenvalue weighted by molar-refractivity contribution is 9.10. The van der Waals surface area contributed by atoms with Crippen molar-refractivity contribution < 1.29 is 4.74 Å². The second kappa shape index (κ2) is 8.57. The molecule has 0 aliphatic rings. The number of thiophene rings is 1. The molecule has 2 rings (SSSR count). The van der Waals surface area contributed by atoms with E-state index in [1.807, 2.05) is 6.07 Å². The van der Waals surface area contributed by atoms with Gasteiger partial charge in [0, 0.05) is 13.0 Å². The number of halogens is 1. The van der Waals surface area contributed by atoms with E-state index in [4.69, 9.17) is 4.74 Å². The lowest BCUT2D eigenvalue weighted by atomic mass is 10.2. The highest BCUT2D eigenvalue weighted by atomic mass is 79.9. The van der Waals surface area contributed by atoms with Gasteiger partial charge < -0.3 is 10.1 Å². The van der Waals surface area contributed by atoms with E-state index in [2.05, 4.69) is 64.1 Å². The summed E-state index contributed by atoms with van der Waals surface area (Å²) < 4.78 is 6.87. The van der Waals surface area contributed by atoms with Crippen molar-refractivity contribution in [2.75, 3.05) is 13.2 Å². The molecule has 0 radical (unpaired) electrons. The molecule has 0 amide bonds. The minimum Gasteiger partial charge on any atom is -0.492 e. The third kappa shape index (κ3) is 5.81. The van der Waals surface area contributed by atoms with E-state index >= 15 is 0 Å². The Hall–Kier alpha value is -0.840. The Kier molecular flexibility index (Phi) is 6.74. The van der Waals surface area contributed by atoms with Crippen molar-refractivity contribution in [3.8, 4) is 5.75 Å². The van der Waals surface area contributed by atoms with Crippen LogP contribution in [0.5, 0.6) is 5.75 Å². The second-order valence-electron chi connectivity index (χ2n) is 5.52. The van der Waals surface area contributed by atoms with Crippen LogP contribution in [-0.4, -0.2) is 13.2 Å². The standard InChI is InChI=1S/C17H22BrNOS/c1-13(2)10-19-11-15-3-4-17(16(18)9-15)20-7-5-14-6-8-21-12-14/h3-4,6,8-9,12-13,19H,5,7,10-11H2,1-2H3. The van der Waals surface area contributed by atoms with E-state index in [1.54, 1.807) is 11.3 Å². The van der Waals surface area contributed by atoms with Crippen LogP contribution in [-0.2, 0) is 13.0 Å². The molecule has 0 atom stereocenters. The van der Waals surface area contributed by atoms with Crippen LogP contribution >= 0.6 is 27.3 Å². The molecule has 4 heteroatoms. The summed E-state index contributed by atoms with van der Waals surface area (Å²) in [6.45, 7) is 7.07. The first-order chi connectivity index (χ1) is 10.1. The summed E-state index contributed by atoms with van der Waals surface area (Å²) in [5, 5.41) is 7.72. The summed E-state index contributed by atoms with van der Waals surface area (Å²) in [6, 6.07) is 8.45. The largest absolute Gasteiger partial charge is 0.492 e. The zero-order chi connectivity index (χ0) is 15.1. The minimum atomic E-state index is 0.674. The quantitative estimate of drug-likeness (QED) is 0.717. The Morgan fingerprint density at radius 3 is 2.76 bits per heavy atom. The third-order valence-electron chi connectivity index (χ3n) is 3.11. The Balaban J connectivity index is 1.81. The fourth-order valence-electron chi connectivity index (χ4n) is 1.99. The average Bonchev–Trinajstić information content (AvgIpc) is 2.94. The van der Waals surface area contributed by atoms with Crippen LogP contribution in [0.3, 0.4) is 0 Å². The van der Waals surface area contributed by atoms with Crippen LogP contribution in [0.4, 0.5) is 0 Å². The molecule has 0 fully saturated rings. The summed E-state index contributed by atoms with van der Waals surface area (Å²) in [7, 11) is 0. The molecule has 21 heavy (non-hydrogen) atoms. The molecule has 0 aliphatic carbocycles. The summed E-state index contributed by atoms with van der Waals surface area (Å²) in [5.74, 6) is 1.59. The molecule has 1 heterocycles. The van der Waals surface area contributed by atoms with Gasteiger partial charge in [-0.05, 0) is 68.5 Å². The number of rotatable bonds is 8. The van der Waals surface area contributed by atoms with Crippen LogP contribution in [0.1, 0.15) is 25.0 Å². The first-order valence-electron chi connectivity index (χ1n) is 7.28. The number of nitrogens with one attached hydrogen (secondary N) is 1. The summed E-state index contributed by atoms with van der Waals surface area (Å²) >= 11 is 5.32. The normalized spacial score (nSPS) is 11.0. The molecule has 1 N–H and O–H groups in total. The van der Waals surface area contributed by atoms with Gasteiger partial charge in [0.15, 0.2) is 0 Å². The maximum absolute atomic E-state index is 5.85. The van der Waals surface area contributed by atoms with Crippen LogP contribution in [0.25, 0.3) is 0 Å². The lowest BCUT2D eigenvalue weighted by Crippen LogP contribution is -2.18. The maximum Gasteiger partial charge on any atom is 0.133 e. The third-order valence-corrected chi connectivity index (χ3v) is 4.46. The molecule has 2 nitrogen and oxygen atoms in total. The Morgan fingerprint density at radius 1 is 1.24 bits per heavy atom. The van der Waals surface area contributed by atoms with Gasteiger partial charge in [0.05, 0.1) is 11.1 Å². The van der Waals surface area contributed by atoms with E-state index in [9.17, 15) is 0 Å². The average molecular weight is 368 g/mol. The van der Waals surface area contributed by atoms with Gasteiger partial charge in [0.25, 0.3) is 0 Å². The molecular formula is C17H22BrNOS. The van der Waals surface area contributed by atoms with Crippen LogP contribution in [0.15, 0.2) is 39.5 Å². The van der Waals surface area contributed by atoms with Gasteiger partial charge >= 0.3 is 0 Å². The van der Waals surface area contributed by atoms with E-state index in [0.29, 0.717) is 12.5 Å². The highest BCUT2D eigenvalue weighted by Crippen LogP contribution is 2.26. The lowest BCUT2D eigenvalue weighted by Gasteiger charge is -2.11. The molecule has 0 saturated heterocycles. The predicted octanol–water partition coefficient (Wildman–Crippen LogP) is 4.88. The van der Waals surface area contributed by atoms with Gasteiger partial charge in [-0.3, -0.25) is 0 Å². The first-order valence-corrected chi connectivity index (χ1v) is 9.01. The predicted molar refractivity (Wildman–Crippen MR) is 94.2 cm³/mol. The molecule has 0 aliphatic heterocycles. The SMILES string of the molecule is CC(C)CNCc1ccc(OCCc2ccsc2)c(Br)c1. The number of benzene rings is 1. The first kappa shape index (κ1) is 16.5. The monoisotopic (exact) mass is 367 g/mol. The van der Waals surface area contributed by atoms with Crippen molar-refractivity contribution in [2.24, 2.45) is 5.92 Å². The number of hydrogen-bond acceptors (Lipinski definition) is 3. The molecule has 0 saturated carbocycles. The van der Waals surface area contributed by atoms with Gasteiger partial charge in [0.2, 0.25) is 0 Å². The van der Waals surface area contributed by atoms with Crippen molar-refractivity contribution in [3.63, 3.8) is 0 Å². The molecule has 0 spiro atoms. The van der Waals surface area contributed by atoms with Crippen LogP contribution in [0, 0.1) is 5.92 Å². The molecule has 114 valence electrons. The van der Waals surface area contributed by atoms with E-state index < -0.39 is 0 Å². The van der Waals surface area contributed by atoms with Crippen molar-refractivity contribution in [2.45, 2.75) is 26.8 Å². The Bertz CT molecular complexity index is 540. The molecule has 0 bridgehead atoms. The van der Waals surface area contributed by atoms with Gasteiger partial charge in [0.1, 0.15) is 5.75 Å². The molecular weight excluding hydrogens is 346 g/mol. The van der Waals surface area contributed by atoms with Crippen molar-refractivity contribution in [1.29, 1.82) is 0 Å². The lowest BCUT2D eigenvalue weighted by molar-refractivity contribution is 0.320. The topological polar surface area (TPSA) is 21.3 Å². The van der Waals surface area contributed by atoms with Gasteiger partial charge in [-0.25, -0.2) is 0 Å². The number of ether oxygens (including phenoxy) is 1. The van der Waals surface area contributed by atoms with Crippen LogP contribution in [0.2, 0.25) is 0 Å². The van der Waals surface area contributed by atoms with E-state index in [1.165, 1.54) is 11.1 Å². The molecule has 1 aromatic carbocycles. The van der Waals surface area contributed by atoms with Crippen LogP contribution < -0.4 is 10.1 Å². The maximum atomic E-state index is 5.85. The van der Waals surface area contributed by atoms with Gasteiger partial charge in [-0.1, -0.05) is 19.9 Å². The zero-order valence-electron chi connectivity index (χ0n) is 12.6. The van der Waals surface area contributed by atoms with Gasteiger partial charge in [-0.2, -0.15) is 11.3 Å². The van der Waals surface area contributed by atoms with Crippen molar-refractivity contribution in [1.82, 2.24) is 5.32 Å². The zero-order valence-corrected chi connectivity index (χ0v) is 15.0. The highest BCUT2D eigenvalue weighted by Gasteiger charge is 2.04. The Labute approximate surface area is 139 Å². The van der Waals surface area contributed by atoms with Crippen molar-refractivity contribution >= 4 is 27.3 Å². The summed E-state index contributed by atoms with van der Waals surface area (Å²) in [4.78, 5) is 0. The second-order valence-corrected chi connectivity index (χ2v) is 7.15. The fraction of sp³-hybridized carbons (Fsp3) is 0.412. The minimum absolute atomic E-state index is 0.674. The van der Waals surface area contributed by atoms with E-state index in [-0.39, 0.29) is 0 Å².